The number of benzene rings is 1. The Labute approximate surface area is 94.4 Å². The molecule has 4 nitrogen and oxygen atoms in total. The van der Waals surface area contributed by atoms with Crippen LogP contribution in [-0.2, 0) is 9.53 Å². The highest BCUT2D eigenvalue weighted by molar-refractivity contribution is 6.36. The van der Waals surface area contributed by atoms with E-state index in [-0.39, 0.29) is 11.9 Å². The number of cyclic esters (lactones) is 1. The molecule has 2 rings (SSSR count). The third kappa shape index (κ3) is 2.08. The summed E-state index contributed by atoms with van der Waals surface area (Å²) in [7, 11) is 5.65. The van der Waals surface area contributed by atoms with Crippen molar-refractivity contribution in [1.82, 2.24) is 5.32 Å². The largest absolute Gasteiger partial charge is 0.464 e. The predicted octanol–water partition coefficient (Wildman–Crippen LogP) is -0.474. The van der Waals surface area contributed by atoms with Crippen molar-refractivity contribution in [3.05, 3.63) is 29.8 Å². The maximum atomic E-state index is 11.8. The Bertz CT molecular complexity index is 433. The second-order valence-corrected chi connectivity index (χ2v) is 3.57. The van der Waals surface area contributed by atoms with Gasteiger partial charge < -0.3 is 10.1 Å². The summed E-state index contributed by atoms with van der Waals surface area (Å²) < 4.78 is 4.75. The molecular formula is C11H10BNO3. The zero-order valence-corrected chi connectivity index (χ0v) is 8.60. The monoisotopic (exact) mass is 215 g/mol. The number of ether oxygens (including phenoxy) is 1. The molecular weight excluding hydrogens is 205 g/mol. The van der Waals surface area contributed by atoms with Gasteiger partial charge >= 0.3 is 5.97 Å². The van der Waals surface area contributed by atoms with Crippen molar-refractivity contribution >= 4 is 25.2 Å². The Hall–Kier alpha value is -1.78. The van der Waals surface area contributed by atoms with Gasteiger partial charge in [-0.2, -0.15) is 0 Å². The fourth-order valence-electron chi connectivity index (χ4n) is 1.57. The minimum Gasteiger partial charge on any atom is -0.464 e. The Morgan fingerprint density at radius 1 is 1.44 bits per heavy atom. The van der Waals surface area contributed by atoms with E-state index in [0.717, 1.165) is 0 Å². The first kappa shape index (κ1) is 10.7. The van der Waals surface area contributed by atoms with Crippen LogP contribution in [0.2, 0.25) is 0 Å². The van der Waals surface area contributed by atoms with E-state index >= 15 is 0 Å². The number of hydrogen-bond acceptors (Lipinski definition) is 3. The zero-order valence-electron chi connectivity index (χ0n) is 8.60. The van der Waals surface area contributed by atoms with Crippen LogP contribution >= 0.6 is 0 Å². The Kier molecular flexibility index (Phi) is 2.94. The molecule has 16 heavy (non-hydrogen) atoms. The van der Waals surface area contributed by atoms with Crippen LogP contribution in [0.5, 0.6) is 0 Å². The molecule has 1 N–H and O–H groups in total. The summed E-state index contributed by atoms with van der Waals surface area (Å²) in [4.78, 5) is 22.9. The Morgan fingerprint density at radius 2 is 2.19 bits per heavy atom. The van der Waals surface area contributed by atoms with E-state index in [1.54, 1.807) is 24.3 Å². The molecule has 80 valence electrons. The molecule has 1 saturated heterocycles. The van der Waals surface area contributed by atoms with Gasteiger partial charge in [-0.3, -0.25) is 4.79 Å². The SMILES string of the molecule is [B]c1ccccc1C(=O)NC1CCOC1=O. The first-order valence-corrected chi connectivity index (χ1v) is 5.00. The molecule has 0 saturated carbocycles. The van der Waals surface area contributed by atoms with Crippen molar-refractivity contribution in [2.45, 2.75) is 12.5 Å². The van der Waals surface area contributed by atoms with Crippen molar-refractivity contribution < 1.29 is 14.3 Å². The van der Waals surface area contributed by atoms with E-state index < -0.39 is 6.04 Å². The molecule has 5 heteroatoms. The fourth-order valence-corrected chi connectivity index (χ4v) is 1.57. The predicted molar refractivity (Wildman–Crippen MR) is 58.7 cm³/mol. The molecule has 1 fully saturated rings. The molecule has 1 aliphatic heterocycles. The van der Waals surface area contributed by atoms with Gasteiger partial charge in [0.05, 0.1) is 6.61 Å². The van der Waals surface area contributed by atoms with Gasteiger partial charge in [0.2, 0.25) is 0 Å². The number of rotatable bonds is 2. The van der Waals surface area contributed by atoms with E-state index in [1.807, 2.05) is 0 Å². The molecule has 1 atom stereocenters. The minimum atomic E-state index is -0.549. The maximum absolute atomic E-state index is 11.8. The van der Waals surface area contributed by atoms with E-state index in [1.165, 1.54) is 0 Å². The molecule has 1 aliphatic rings. The maximum Gasteiger partial charge on any atom is 0.328 e. The molecule has 0 aliphatic carbocycles. The summed E-state index contributed by atoms with van der Waals surface area (Å²) in [5.41, 5.74) is 0.772. The quantitative estimate of drug-likeness (QED) is 0.535. The third-order valence-electron chi connectivity index (χ3n) is 2.45. The molecule has 0 aromatic heterocycles. The van der Waals surface area contributed by atoms with E-state index in [0.29, 0.717) is 24.1 Å². The van der Waals surface area contributed by atoms with Gasteiger partial charge in [0.15, 0.2) is 0 Å². The molecule has 1 aromatic rings. The van der Waals surface area contributed by atoms with Gasteiger partial charge in [0.25, 0.3) is 5.91 Å². The van der Waals surface area contributed by atoms with Crippen molar-refractivity contribution in [3.8, 4) is 0 Å². The first-order chi connectivity index (χ1) is 7.68. The number of esters is 1. The van der Waals surface area contributed by atoms with Gasteiger partial charge in [-0.05, 0) is 0 Å². The van der Waals surface area contributed by atoms with Crippen molar-refractivity contribution in [1.29, 1.82) is 0 Å². The number of amides is 1. The highest BCUT2D eigenvalue weighted by Crippen LogP contribution is 2.06. The zero-order chi connectivity index (χ0) is 11.5. The van der Waals surface area contributed by atoms with Gasteiger partial charge in [-0.25, -0.2) is 4.79 Å². The lowest BCUT2D eigenvalue weighted by Gasteiger charge is -2.10. The second kappa shape index (κ2) is 4.39. The molecule has 0 bridgehead atoms. The van der Waals surface area contributed by atoms with Gasteiger partial charge in [-0.1, -0.05) is 29.7 Å². The third-order valence-corrected chi connectivity index (χ3v) is 2.45. The standard InChI is InChI=1S/C11H10BNO3/c12-8-4-2-1-3-7(8)10(14)13-9-5-6-16-11(9)15/h1-4,9H,5-6H2,(H,13,14). The number of nitrogens with one attached hydrogen (secondary N) is 1. The van der Waals surface area contributed by atoms with Crippen molar-refractivity contribution in [2.24, 2.45) is 0 Å². The Balaban J connectivity index is 2.09. The lowest BCUT2D eigenvalue weighted by molar-refractivity contribution is -0.139. The first-order valence-electron chi connectivity index (χ1n) is 5.00. The van der Waals surface area contributed by atoms with Crippen LogP contribution in [0, 0.1) is 0 Å². The van der Waals surface area contributed by atoms with Crippen LogP contribution in [0.4, 0.5) is 0 Å². The van der Waals surface area contributed by atoms with Crippen LogP contribution < -0.4 is 10.8 Å². The van der Waals surface area contributed by atoms with Gasteiger partial charge in [-0.15, -0.1) is 0 Å². The number of carbonyl (C=O) groups excluding carboxylic acids is 2. The highest BCUT2D eigenvalue weighted by atomic mass is 16.5. The minimum absolute atomic E-state index is 0.345. The summed E-state index contributed by atoms with van der Waals surface area (Å²) in [6.45, 7) is 0.355. The second-order valence-electron chi connectivity index (χ2n) is 3.57. The summed E-state index contributed by atoms with van der Waals surface area (Å²) in [5, 5.41) is 2.59. The molecule has 0 spiro atoms. The van der Waals surface area contributed by atoms with E-state index in [9.17, 15) is 9.59 Å². The van der Waals surface area contributed by atoms with E-state index in [4.69, 9.17) is 12.6 Å². The summed E-state index contributed by atoms with van der Waals surface area (Å²) in [6, 6.07) is 6.17. The van der Waals surface area contributed by atoms with Crippen molar-refractivity contribution in [3.63, 3.8) is 0 Å². The van der Waals surface area contributed by atoms with Crippen LogP contribution in [0.1, 0.15) is 16.8 Å². The average Bonchev–Trinajstić information content (AvgIpc) is 2.65. The van der Waals surface area contributed by atoms with Crippen LogP contribution in [0.15, 0.2) is 24.3 Å². The van der Waals surface area contributed by atoms with E-state index in [2.05, 4.69) is 5.32 Å². The van der Waals surface area contributed by atoms with Crippen molar-refractivity contribution in [2.75, 3.05) is 6.61 Å². The molecule has 2 radical (unpaired) electrons. The van der Waals surface area contributed by atoms with Gasteiger partial charge in [0.1, 0.15) is 13.9 Å². The molecule has 1 amide bonds. The van der Waals surface area contributed by atoms with Crippen LogP contribution in [0.3, 0.4) is 0 Å². The van der Waals surface area contributed by atoms with Gasteiger partial charge in [0, 0.05) is 12.0 Å². The summed E-state index contributed by atoms with van der Waals surface area (Å²) in [6.07, 6.45) is 0.511. The average molecular weight is 215 g/mol. The normalized spacial score (nSPS) is 19.2. The molecule has 1 heterocycles. The smallest absolute Gasteiger partial charge is 0.328 e. The lowest BCUT2D eigenvalue weighted by atomic mass is 9.90. The van der Waals surface area contributed by atoms with Crippen LogP contribution in [-0.4, -0.2) is 32.4 Å². The number of carbonyl (C=O) groups is 2. The Morgan fingerprint density at radius 3 is 2.81 bits per heavy atom. The number of hydrogen-bond donors (Lipinski definition) is 1. The summed E-state index contributed by atoms with van der Waals surface area (Å²) in [5.74, 6) is -0.732. The fraction of sp³-hybridized carbons (Fsp3) is 0.273. The topological polar surface area (TPSA) is 55.4 Å². The molecule has 1 unspecified atom stereocenters. The molecule has 1 aromatic carbocycles. The van der Waals surface area contributed by atoms with Crippen LogP contribution in [0.25, 0.3) is 0 Å². The summed E-state index contributed by atoms with van der Waals surface area (Å²) >= 11 is 0. The highest BCUT2D eigenvalue weighted by Gasteiger charge is 2.28. The lowest BCUT2D eigenvalue weighted by Crippen LogP contribution is -2.39.